The van der Waals surface area contributed by atoms with Crippen molar-refractivity contribution in [3.8, 4) is 0 Å². The van der Waals surface area contributed by atoms with E-state index in [9.17, 15) is 20.2 Å². The van der Waals surface area contributed by atoms with Crippen molar-refractivity contribution in [2.45, 2.75) is 0 Å². The molecule has 6 heteroatoms. The van der Waals surface area contributed by atoms with Gasteiger partial charge in [0, 0.05) is 24.3 Å². The highest BCUT2D eigenvalue weighted by Crippen LogP contribution is 2.14. The van der Waals surface area contributed by atoms with E-state index < -0.39 is 9.85 Å². The first-order valence-electron chi connectivity index (χ1n) is 8.34. The smallest absolute Gasteiger partial charge is 0.258 e. The van der Waals surface area contributed by atoms with Crippen LogP contribution in [0, 0.1) is 20.2 Å². The van der Waals surface area contributed by atoms with E-state index in [0.29, 0.717) is 0 Å². The van der Waals surface area contributed by atoms with E-state index in [0.717, 1.165) is 16.7 Å². The van der Waals surface area contributed by atoms with Crippen LogP contribution in [0.3, 0.4) is 0 Å². The maximum atomic E-state index is 10.5. The molecule has 0 spiro atoms. The van der Waals surface area contributed by atoms with E-state index >= 15 is 0 Å². The number of nitro benzene ring substituents is 2. The number of non-ortho nitro benzene ring substituents is 2. The van der Waals surface area contributed by atoms with Crippen LogP contribution in [0.2, 0.25) is 0 Å². The van der Waals surface area contributed by atoms with Crippen LogP contribution in [0.1, 0.15) is 16.7 Å². The van der Waals surface area contributed by atoms with Gasteiger partial charge in [-0.25, -0.2) is 0 Å². The molecule has 0 radical (unpaired) electrons. The molecule has 3 rings (SSSR count). The summed E-state index contributed by atoms with van der Waals surface area (Å²) in [4.78, 5) is 19.8. The van der Waals surface area contributed by atoms with Crippen molar-refractivity contribution in [2.24, 2.45) is 0 Å². The summed E-state index contributed by atoms with van der Waals surface area (Å²) in [5, 5.41) is 20.7. The predicted molar refractivity (Wildman–Crippen MR) is 112 cm³/mol. The lowest BCUT2D eigenvalue weighted by Gasteiger charge is -1.94. The molecule has 0 fully saturated rings. The Hall–Kier alpha value is -4.06. The molecule has 0 aromatic heterocycles. The largest absolute Gasteiger partial charge is 0.269 e. The van der Waals surface area contributed by atoms with E-state index in [1.807, 2.05) is 42.5 Å². The normalized spacial score (nSPS) is 10.0. The molecule has 0 saturated heterocycles. The molecule has 0 amide bonds. The number of hydrogen-bond acceptors (Lipinski definition) is 4. The van der Waals surface area contributed by atoms with Crippen molar-refractivity contribution < 1.29 is 9.85 Å². The number of benzene rings is 3. The molecule has 0 atom stereocenters. The third-order valence-corrected chi connectivity index (χ3v) is 3.71. The van der Waals surface area contributed by atoms with Crippen LogP contribution in [0.4, 0.5) is 11.4 Å². The molecule has 140 valence electrons. The summed E-state index contributed by atoms with van der Waals surface area (Å²) in [6.45, 7) is 3.54. The fraction of sp³-hybridized carbons (Fsp3) is 0. The molecule has 0 aliphatic rings. The Bertz CT molecular complexity index is 964. The molecule has 28 heavy (non-hydrogen) atoms. The Morgan fingerprint density at radius 2 is 1.00 bits per heavy atom. The lowest BCUT2D eigenvalue weighted by molar-refractivity contribution is -0.385. The van der Waals surface area contributed by atoms with Gasteiger partial charge in [0.05, 0.1) is 9.85 Å². The van der Waals surface area contributed by atoms with Crippen LogP contribution < -0.4 is 0 Å². The van der Waals surface area contributed by atoms with Crippen LogP contribution >= 0.6 is 0 Å². The van der Waals surface area contributed by atoms with Gasteiger partial charge < -0.3 is 0 Å². The second-order valence-electron chi connectivity index (χ2n) is 5.65. The topological polar surface area (TPSA) is 86.3 Å². The first-order valence-corrected chi connectivity index (χ1v) is 8.34. The third-order valence-electron chi connectivity index (χ3n) is 3.71. The van der Waals surface area contributed by atoms with E-state index in [2.05, 4.69) is 6.58 Å². The number of rotatable bonds is 5. The zero-order valence-electron chi connectivity index (χ0n) is 15.0. The van der Waals surface area contributed by atoms with Crippen molar-refractivity contribution >= 4 is 29.6 Å². The highest BCUT2D eigenvalue weighted by molar-refractivity contribution is 5.69. The van der Waals surface area contributed by atoms with Crippen molar-refractivity contribution in [1.82, 2.24) is 0 Å². The number of hydrogen-bond donors (Lipinski definition) is 0. The minimum atomic E-state index is -0.424. The molecule has 0 aliphatic heterocycles. The average molecular weight is 374 g/mol. The van der Waals surface area contributed by atoms with Gasteiger partial charge in [-0.1, -0.05) is 55.1 Å². The molecular weight excluding hydrogens is 356 g/mol. The fourth-order valence-corrected chi connectivity index (χ4v) is 2.20. The van der Waals surface area contributed by atoms with E-state index in [-0.39, 0.29) is 11.4 Å². The molecular formula is C22H18N2O4. The van der Waals surface area contributed by atoms with E-state index in [4.69, 9.17) is 0 Å². The Morgan fingerprint density at radius 3 is 1.39 bits per heavy atom. The van der Waals surface area contributed by atoms with Gasteiger partial charge in [-0.05, 0) is 41.0 Å². The summed E-state index contributed by atoms with van der Waals surface area (Å²) < 4.78 is 0. The molecule has 0 aliphatic carbocycles. The van der Waals surface area contributed by atoms with Gasteiger partial charge in [-0.2, -0.15) is 0 Å². The summed E-state index contributed by atoms with van der Waals surface area (Å²) >= 11 is 0. The van der Waals surface area contributed by atoms with Crippen LogP contribution in [-0.2, 0) is 0 Å². The average Bonchev–Trinajstić information content (AvgIpc) is 2.74. The second-order valence-corrected chi connectivity index (χ2v) is 5.65. The molecule has 0 bridgehead atoms. The van der Waals surface area contributed by atoms with Crippen LogP contribution in [-0.4, -0.2) is 9.85 Å². The summed E-state index contributed by atoms with van der Waals surface area (Å²) in [6.07, 6.45) is 5.55. The Labute approximate surface area is 162 Å². The zero-order valence-corrected chi connectivity index (χ0v) is 15.0. The molecule has 3 aromatic rings. The Morgan fingerprint density at radius 1 is 0.607 bits per heavy atom. The Kier molecular flexibility index (Phi) is 7.36. The molecule has 3 aromatic carbocycles. The van der Waals surface area contributed by atoms with Crippen molar-refractivity contribution in [1.29, 1.82) is 0 Å². The van der Waals surface area contributed by atoms with Gasteiger partial charge in [0.2, 0.25) is 0 Å². The molecule has 0 N–H and O–H groups in total. The van der Waals surface area contributed by atoms with Gasteiger partial charge in [0.15, 0.2) is 0 Å². The minimum absolute atomic E-state index is 0.107. The van der Waals surface area contributed by atoms with Crippen LogP contribution in [0.25, 0.3) is 18.2 Å². The lowest BCUT2D eigenvalue weighted by Crippen LogP contribution is -1.86. The van der Waals surface area contributed by atoms with Crippen molar-refractivity contribution in [3.63, 3.8) is 0 Å². The maximum absolute atomic E-state index is 10.5. The fourth-order valence-electron chi connectivity index (χ4n) is 2.20. The first-order chi connectivity index (χ1) is 13.5. The zero-order chi connectivity index (χ0) is 20.4. The van der Waals surface area contributed by atoms with Crippen LogP contribution in [0.15, 0.2) is 85.4 Å². The van der Waals surface area contributed by atoms with Gasteiger partial charge >= 0.3 is 0 Å². The standard InChI is InChI=1S/C14H11NO2.C8H7NO2/c16-15(17)14-10-8-13(9-11-14)7-6-12-4-2-1-3-5-12;1-2-7-3-5-8(6-4-7)9(10)11/h1-11H;2-6H,1H2. The van der Waals surface area contributed by atoms with Gasteiger partial charge in [-0.3, -0.25) is 20.2 Å². The van der Waals surface area contributed by atoms with Gasteiger partial charge in [-0.15, -0.1) is 0 Å². The quantitative estimate of drug-likeness (QED) is 0.311. The summed E-state index contributed by atoms with van der Waals surface area (Å²) in [6, 6.07) is 22.6. The summed E-state index contributed by atoms with van der Waals surface area (Å²) in [7, 11) is 0. The second kappa shape index (κ2) is 10.2. The monoisotopic (exact) mass is 374 g/mol. The SMILES string of the molecule is C=Cc1ccc([N+](=O)[O-])cc1.O=[N+]([O-])c1ccc(C=Cc2ccccc2)cc1. The third kappa shape index (κ3) is 6.34. The summed E-state index contributed by atoms with van der Waals surface area (Å²) in [5.41, 5.74) is 3.15. The molecule has 0 saturated carbocycles. The van der Waals surface area contributed by atoms with Crippen molar-refractivity contribution in [3.05, 3.63) is 122 Å². The summed E-state index contributed by atoms with van der Waals surface area (Å²) in [5.74, 6) is 0. The lowest BCUT2D eigenvalue weighted by atomic mass is 10.1. The Balaban J connectivity index is 0.000000221. The molecule has 0 unspecified atom stereocenters. The molecule has 6 nitrogen and oxygen atoms in total. The number of nitrogens with zero attached hydrogens (tertiary/aromatic N) is 2. The highest BCUT2D eigenvalue weighted by Gasteiger charge is 2.02. The van der Waals surface area contributed by atoms with Crippen LogP contribution in [0.5, 0.6) is 0 Å². The predicted octanol–water partition coefficient (Wildman–Crippen LogP) is 6.00. The molecule has 0 heterocycles. The van der Waals surface area contributed by atoms with E-state index in [1.54, 1.807) is 30.3 Å². The van der Waals surface area contributed by atoms with Gasteiger partial charge in [0.1, 0.15) is 0 Å². The highest BCUT2D eigenvalue weighted by atomic mass is 16.6. The van der Waals surface area contributed by atoms with Gasteiger partial charge in [0.25, 0.3) is 11.4 Å². The van der Waals surface area contributed by atoms with E-state index in [1.165, 1.54) is 24.3 Å². The first kappa shape index (κ1) is 20.3. The van der Waals surface area contributed by atoms with Crippen molar-refractivity contribution in [2.75, 3.05) is 0 Å². The minimum Gasteiger partial charge on any atom is -0.258 e. The number of nitro groups is 2. The maximum Gasteiger partial charge on any atom is 0.269 e.